The van der Waals surface area contributed by atoms with E-state index < -0.39 is 0 Å². The zero-order valence-electron chi connectivity index (χ0n) is 12.5. The summed E-state index contributed by atoms with van der Waals surface area (Å²) < 4.78 is 11.2. The summed E-state index contributed by atoms with van der Waals surface area (Å²) in [5, 5.41) is 6.21. The minimum atomic E-state index is -0.0518. The second kappa shape index (κ2) is 7.03. The largest absolute Gasteiger partial charge is 0.350 e. The molecule has 0 aromatic heterocycles. The maximum absolute atomic E-state index is 5.59. The monoisotopic (exact) mass is 285 g/mol. The Morgan fingerprint density at radius 3 is 2.67 bits per heavy atom. The predicted octanol–water partition coefficient (Wildman–Crippen LogP) is 3.12. The van der Waals surface area contributed by atoms with E-state index in [-0.39, 0.29) is 6.29 Å². The summed E-state index contributed by atoms with van der Waals surface area (Å²) >= 11 is 0. The van der Waals surface area contributed by atoms with Crippen LogP contribution in [0.5, 0.6) is 0 Å². The molecule has 1 heterocycles. The number of hydrogen-bond donors (Lipinski definition) is 1. The molecule has 112 valence electrons. The SMILES string of the molecule is CCNC(Cc1cccc2ccccc12)CC1OCCO1. The third kappa shape index (κ3) is 3.62. The molecule has 0 radical (unpaired) electrons. The van der Waals surface area contributed by atoms with Crippen LogP contribution in [0.4, 0.5) is 0 Å². The Balaban J connectivity index is 1.76. The highest BCUT2D eigenvalue weighted by molar-refractivity contribution is 5.85. The van der Waals surface area contributed by atoms with E-state index in [2.05, 4.69) is 54.7 Å². The average Bonchev–Trinajstić information content (AvgIpc) is 3.01. The van der Waals surface area contributed by atoms with E-state index in [4.69, 9.17) is 9.47 Å². The molecule has 0 saturated carbocycles. The third-order valence-electron chi connectivity index (χ3n) is 4.01. The number of nitrogens with one attached hydrogen (secondary N) is 1. The van der Waals surface area contributed by atoms with Crippen LogP contribution in [0.2, 0.25) is 0 Å². The second-order valence-electron chi connectivity index (χ2n) is 5.50. The Kier molecular flexibility index (Phi) is 4.86. The van der Waals surface area contributed by atoms with Crippen molar-refractivity contribution in [2.24, 2.45) is 0 Å². The van der Waals surface area contributed by atoms with Crippen molar-refractivity contribution in [3.63, 3.8) is 0 Å². The smallest absolute Gasteiger partial charge is 0.159 e. The molecule has 3 nitrogen and oxygen atoms in total. The summed E-state index contributed by atoms with van der Waals surface area (Å²) in [6, 6.07) is 15.5. The normalized spacial score (nSPS) is 17.4. The minimum Gasteiger partial charge on any atom is -0.350 e. The molecule has 2 aromatic carbocycles. The highest BCUT2D eigenvalue weighted by atomic mass is 16.7. The highest BCUT2D eigenvalue weighted by Crippen LogP contribution is 2.21. The molecular weight excluding hydrogens is 262 g/mol. The first kappa shape index (κ1) is 14.5. The lowest BCUT2D eigenvalue weighted by atomic mass is 9.97. The van der Waals surface area contributed by atoms with Crippen molar-refractivity contribution in [2.45, 2.75) is 32.1 Å². The summed E-state index contributed by atoms with van der Waals surface area (Å²) in [6.45, 7) is 4.55. The molecule has 21 heavy (non-hydrogen) atoms. The van der Waals surface area contributed by atoms with Gasteiger partial charge in [0, 0.05) is 12.5 Å². The van der Waals surface area contributed by atoms with Crippen LogP contribution >= 0.6 is 0 Å². The van der Waals surface area contributed by atoms with Gasteiger partial charge in [-0.25, -0.2) is 0 Å². The van der Waals surface area contributed by atoms with Crippen molar-refractivity contribution < 1.29 is 9.47 Å². The lowest BCUT2D eigenvalue weighted by Gasteiger charge is -2.21. The molecule has 1 N–H and O–H groups in total. The second-order valence-corrected chi connectivity index (χ2v) is 5.50. The maximum atomic E-state index is 5.59. The van der Waals surface area contributed by atoms with Crippen LogP contribution < -0.4 is 5.32 Å². The first-order valence-corrected chi connectivity index (χ1v) is 7.80. The molecule has 1 saturated heterocycles. The van der Waals surface area contributed by atoms with E-state index in [9.17, 15) is 0 Å². The van der Waals surface area contributed by atoms with Gasteiger partial charge in [0.2, 0.25) is 0 Å². The lowest BCUT2D eigenvalue weighted by molar-refractivity contribution is -0.0525. The fourth-order valence-electron chi connectivity index (χ4n) is 3.04. The summed E-state index contributed by atoms with van der Waals surface area (Å²) in [6.07, 6.45) is 1.85. The standard InChI is InChI=1S/C18H23NO2/c1-2-19-16(13-18-20-10-11-21-18)12-15-8-5-7-14-6-3-4-9-17(14)15/h3-9,16,18-19H,2,10-13H2,1H3. The van der Waals surface area contributed by atoms with Gasteiger partial charge in [-0.1, -0.05) is 49.4 Å². The molecule has 3 heteroatoms. The number of fused-ring (bicyclic) bond motifs is 1. The average molecular weight is 285 g/mol. The van der Waals surface area contributed by atoms with Gasteiger partial charge < -0.3 is 14.8 Å². The van der Waals surface area contributed by atoms with E-state index in [0.717, 1.165) is 32.6 Å². The van der Waals surface area contributed by atoms with Gasteiger partial charge in [-0.05, 0) is 29.3 Å². The van der Waals surface area contributed by atoms with Crippen molar-refractivity contribution in [2.75, 3.05) is 19.8 Å². The van der Waals surface area contributed by atoms with E-state index in [1.165, 1.54) is 16.3 Å². The Labute approximate surface area is 126 Å². The van der Waals surface area contributed by atoms with Crippen molar-refractivity contribution in [3.8, 4) is 0 Å². The van der Waals surface area contributed by atoms with Crippen LogP contribution in [0.1, 0.15) is 18.9 Å². The minimum absolute atomic E-state index is 0.0518. The van der Waals surface area contributed by atoms with Gasteiger partial charge in [0.15, 0.2) is 6.29 Å². The Morgan fingerprint density at radius 2 is 1.86 bits per heavy atom. The number of ether oxygens (including phenoxy) is 2. The Hall–Kier alpha value is -1.42. The molecular formula is C18H23NO2. The van der Waals surface area contributed by atoms with Crippen LogP contribution in [-0.4, -0.2) is 32.1 Å². The third-order valence-corrected chi connectivity index (χ3v) is 4.01. The molecule has 0 spiro atoms. The number of hydrogen-bond acceptors (Lipinski definition) is 3. The number of rotatable bonds is 6. The van der Waals surface area contributed by atoms with Crippen molar-refractivity contribution in [3.05, 3.63) is 48.0 Å². The molecule has 1 unspecified atom stereocenters. The molecule has 1 atom stereocenters. The van der Waals surface area contributed by atoms with E-state index in [0.29, 0.717) is 6.04 Å². The molecule has 1 fully saturated rings. The van der Waals surface area contributed by atoms with E-state index in [1.54, 1.807) is 0 Å². The van der Waals surface area contributed by atoms with E-state index >= 15 is 0 Å². The van der Waals surface area contributed by atoms with Gasteiger partial charge in [-0.15, -0.1) is 0 Å². The van der Waals surface area contributed by atoms with Crippen molar-refractivity contribution in [1.29, 1.82) is 0 Å². The van der Waals surface area contributed by atoms with Gasteiger partial charge >= 0.3 is 0 Å². The summed E-state index contributed by atoms with van der Waals surface area (Å²) in [4.78, 5) is 0. The van der Waals surface area contributed by atoms with Crippen LogP contribution in [-0.2, 0) is 15.9 Å². The quantitative estimate of drug-likeness (QED) is 0.884. The lowest BCUT2D eigenvalue weighted by Crippen LogP contribution is -2.34. The molecule has 1 aliphatic heterocycles. The maximum Gasteiger partial charge on any atom is 0.159 e. The van der Waals surface area contributed by atoms with Gasteiger partial charge in [0.1, 0.15) is 0 Å². The summed E-state index contributed by atoms with van der Waals surface area (Å²) in [5.41, 5.74) is 1.39. The summed E-state index contributed by atoms with van der Waals surface area (Å²) in [7, 11) is 0. The molecule has 0 bridgehead atoms. The molecule has 0 aliphatic carbocycles. The Morgan fingerprint density at radius 1 is 1.10 bits per heavy atom. The van der Waals surface area contributed by atoms with Gasteiger partial charge in [0.05, 0.1) is 13.2 Å². The van der Waals surface area contributed by atoms with Crippen LogP contribution in [0, 0.1) is 0 Å². The number of likely N-dealkylation sites (N-methyl/N-ethyl adjacent to an activating group) is 1. The van der Waals surface area contributed by atoms with Crippen LogP contribution in [0.25, 0.3) is 10.8 Å². The molecule has 3 rings (SSSR count). The number of benzene rings is 2. The summed E-state index contributed by atoms with van der Waals surface area (Å²) in [5.74, 6) is 0. The zero-order chi connectivity index (χ0) is 14.5. The highest BCUT2D eigenvalue weighted by Gasteiger charge is 2.21. The van der Waals surface area contributed by atoms with Gasteiger partial charge in [-0.3, -0.25) is 0 Å². The Bertz CT molecular complexity index is 573. The fraction of sp³-hybridized carbons (Fsp3) is 0.444. The topological polar surface area (TPSA) is 30.5 Å². The first-order chi connectivity index (χ1) is 10.4. The van der Waals surface area contributed by atoms with Crippen LogP contribution in [0.15, 0.2) is 42.5 Å². The molecule has 0 amide bonds. The predicted molar refractivity (Wildman–Crippen MR) is 85.4 cm³/mol. The first-order valence-electron chi connectivity index (χ1n) is 7.80. The van der Waals surface area contributed by atoms with Crippen molar-refractivity contribution in [1.82, 2.24) is 5.32 Å². The van der Waals surface area contributed by atoms with E-state index in [1.807, 2.05) is 0 Å². The van der Waals surface area contributed by atoms with Crippen LogP contribution in [0.3, 0.4) is 0 Å². The molecule has 1 aliphatic rings. The zero-order valence-corrected chi connectivity index (χ0v) is 12.5. The van der Waals surface area contributed by atoms with Gasteiger partial charge in [0.25, 0.3) is 0 Å². The fourth-order valence-corrected chi connectivity index (χ4v) is 3.04. The molecule has 2 aromatic rings. The van der Waals surface area contributed by atoms with Crippen molar-refractivity contribution >= 4 is 10.8 Å². The van der Waals surface area contributed by atoms with Gasteiger partial charge in [-0.2, -0.15) is 0 Å².